The molecule has 2 aromatic rings. The first-order valence-corrected chi connectivity index (χ1v) is 9.50. The second kappa shape index (κ2) is 6.73. The molecular formula is C18H18FNO3S. The van der Waals surface area contributed by atoms with Crippen LogP contribution in [0.3, 0.4) is 0 Å². The van der Waals surface area contributed by atoms with Gasteiger partial charge in [-0.25, -0.2) is 12.8 Å². The van der Waals surface area contributed by atoms with Gasteiger partial charge in [-0.3, -0.25) is 4.79 Å². The molecule has 0 saturated carbocycles. The number of carbonyl (C=O) groups is 1. The number of nitrogens with zero attached hydrogens (tertiary/aromatic N) is 1. The summed E-state index contributed by atoms with van der Waals surface area (Å²) in [6.07, 6.45) is 0.341. The van der Waals surface area contributed by atoms with E-state index in [0.29, 0.717) is 13.0 Å². The minimum absolute atomic E-state index is 0.0897. The highest BCUT2D eigenvalue weighted by Gasteiger charge is 2.32. The first kappa shape index (κ1) is 16.6. The number of carbonyl (C=O) groups excluding carboxylic acids is 1. The highest BCUT2D eigenvalue weighted by molar-refractivity contribution is 7.91. The van der Waals surface area contributed by atoms with Gasteiger partial charge in [0.2, 0.25) is 0 Å². The molecule has 0 radical (unpaired) electrons. The molecule has 6 heteroatoms. The zero-order valence-corrected chi connectivity index (χ0v) is 13.9. The average molecular weight is 347 g/mol. The topological polar surface area (TPSA) is 54.5 Å². The van der Waals surface area contributed by atoms with Crippen molar-refractivity contribution in [3.63, 3.8) is 0 Å². The molecule has 1 amide bonds. The van der Waals surface area contributed by atoms with Gasteiger partial charge in [0.25, 0.3) is 5.91 Å². The molecule has 0 aromatic heterocycles. The Hall–Kier alpha value is -2.21. The lowest BCUT2D eigenvalue weighted by atomic mass is 10.1. The van der Waals surface area contributed by atoms with Crippen LogP contribution in [0.5, 0.6) is 0 Å². The van der Waals surface area contributed by atoms with Gasteiger partial charge < -0.3 is 4.90 Å². The SMILES string of the molecule is O=C(c1cccc(F)c1)N1CCC(c2ccccc2)S(=O)(=O)CC1. The van der Waals surface area contributed by atoms with Gasteiger partial charge in [-0.15, -0.1) is 0 Å². The molecule has 0 spiro atoms. The standard InChI is InChI=1S/C18H18FNO3S/c19-16-8-4-7-15(13-16)18(21)20-10-9-17(24(22,23)12-11-20)14-5-2-1-3-6-14/h1-8,13,17H,9-12H2. The number of rotatable bonds is 2. The van der Waals surface area contributed by atoms with Gasteiger partial charge in [-0.05, 0) is 30.2 Å². The van der Waals surface area contributed by atoms with Crippen molar-refractivity contribution >= 4 is 15.7 Å². The quantitative estimate of drug-likeness (QED) is 0.839. The molecule has 1 fully saturated rings. The summed E-state index contributed by atoms with van der Waals surface area (Å²) in [5.74, 6) is -0.906. The van der Waals surface area contributed by atoms with Crippen molar-refractivity contribution in [2.75, 3.05) is 18.8 Å². The molecule has 2 aromatic carbocycles. The number of sulfone groups is 1. The van der Waals surface area contributed by atoms with Gasteiger partial charge in [0.15, 0.2) is 9.84 Å². The fourth-order valence-electron chi connectivity index (χ4n) is 2.99. The van der Waals surface area contributed by atoms with Gasteiger partial charge in [0.05, 0.1) is 11.0 Å². The Bertz CT molecular complexity index is 836. The van der Waals surface area contributed by atoms with E-state index in [1.165, 1.54) is 23.1 Å². The van der Waals surface area contributed by atoms with Crippen LogP contribution in [0.25, 0.3) is 0 Å². The predicted molar refractivity (Wildman–Crippen MR) is 89.9 cm³/mol. The van der Waals surface area contributed by atoms with Crippen LogP contribution in [0.15, 0.2) is 54.6 Å². The predicted octanol–water partition coefficient (Wildman–Crippen LogP) is 2.83. The van der Waals surface area contributed by atoms with Crippen molar-refractivity contribution in [2.45, 2.75) is 11.7 Å². The molecule has 0 bridgehead atoms. The molecule has 1 saturated heterocycles. The summed E-state index contributed by atoms with van der Waals surface area (Å²) in [4.78, 5) is 14.0. The van der Waals surface area contributed by atoms with Crippen LogP contribution in [0, 0.1) is 5.82 Å². The molecule has 4 nitrogen and oxygen atoms in total. The second-order valence-electron chi connectivity index (χ2n) is 5.86. The third-order valence-corrected chi connectivity index (χ3v) is 6.40. The van der Waals surface area contributed by atoms with Gasteiger partial charge in [-0.1, -0.05) is 36.4 Å². The Morgan fingerprint density at radius 1 is 1.04 bits per heavy atom. The van der Waals surface area contributed by atoms with Gasteiger partial charge in [0.1, 0.15) is 5.82 Å². The Labute approximate surface area is 140 Å². The average Bonchev–Trinajstić information content (AvgIpc) is 2.73. The van der Waals surface area contributed by atoms with E-state index in [9.17, 15) is 17.6 Å². The monoisotopic (exact) mass is 347 g/mol. The highest BCUT2D eigenvalue weighted by atomic mass is 32.2. The summed E-state index contributed by atoms with van der Waals surface area (Å²) in [5, 5.41) is -0.607. The Kier molecular flexibility index (Phi) is 4.66. The van der Waals surface area contributed by atoms with Crippen molar-refractivity contribution in [3.8, 4) is 0 Å². The zero-order valence-electron chi connectivity index (χ0n) is 13.1. The normalized spacial score (nSPS) is 20.4. The lowest BCUT2D eigenvalue weighted by Crippen LogP contribution is -2.33. The number of halogens is 1. The largest absolute Gasteiger partial charge is 0.338 e. The molecule has 0 aliphatic carbocycles. The fraction of sp³-hybridized carbons (Fsp3) is 0.278. The highest BCUT2D eigenvalue weighted by Crippen LogP contribution is 2.29. The van der Waals surface area contributed by atoms with E-state index >= 15 is 0 Å². The van der Waals surface area contributed by atoms with Crippen molar-refractivity contribution < 1.29 is 17.6 Å². The van der Waals surface area contributed by atoms with E-state index in [-0.39, 0.29) is 23.8 Å². The first-order valence-electron chi connectivity index (χ1n) is 7.79. The lowest BCUT2D eigenvalue weighted by Gasteiger charge is -2.20. The van der Waals surface area contributed by atoms with Crippen molar-refractivity contribution in [1.82, 2.24) is 4.90 Å². The van der Waals surface area contributed by atoms with Crippen LogP contribution in [0.4, 0.5) is 4.39 Å². The Balaban J connectivity index is 1.82. The van der Waals surface area contributed by atoms with E-state index in [0.717, 1.165) is 5.56 Å². The molecule has 1 unspecified atom stereocenters. The maximum absolute atomic E-state index is 13.3. The summed E-state index contributed by atoms with van der Waals surface area (Å²) < 4.78 is 38.4. The lowest BCUT2D eigenvalue weighted by molar-refractivity contribution is 0.0766. The summed E-state index contributed by atoms with van der Waals surface area (Å²) in [6.45, 7) is 0.454. The first-order chi connectivity index (χ1) is 11.5. The smallest absolute Gasteiger partial charge is 0.253 e. The van der Waals surface area contributed by atoms with Crippen LogP contribution in [-0.4, -0.2) is 38.1 Å². The third-order valence-electron chi connectivity index (χ3n) is 4.27. The number of amides is 1. The van der Waals surface area contributed by atoms with Crippen LogP contribution < -0.4 is 0 Å². The minimum atomic E-state index is -3.34. The molecule has 1 aliphatic rings. The van der Waals surface area contributed by atoms with Gasteiger partial charge in [0, 0.05) is 18.7 Å². The van der Waals surface area contributed by atoms with Crippen LogP contribution in [0.2, 0.25) is 0 Å². The van der Waals surface area contributed by atoms with E-state index in [1.54, 1.807) is 18.2 Å². The second-order valence-corrected chi connectivity index (χ2v) is 8.16. The molecule has 0 N–H and O–H groups in total. The van der Waals surface area contributed by atoms with E-state index < -0.39 is 20.9 Å². The minimum Gasteiger partial charge on any atom is -0.338 e. The third kappa shape index (κ3) is 3.48. The molecule has 1 aliphatic heterocycles. The maximum atomic E-state index is 13.3. The summed E-state index contributed by atoms with van der Waals surface area (Å²) in [5.41, 5.74) is 0.989. The number of benzene rings is 2. The Morgan fingerprint density at radius 2 is 1.79 bits per heavy atom. The van der Waals surface area contributed by atoms with Crippen molar-refractivity contribution in [3.05, 3.63) is 71.5 Å². The molecular weight excluding hydrogens is 329 g/mol. The number of hydrogen-bond donors (Lipinski definition) is 0. The van der Waals surface area contributed by atoms with Gasteiger partial charge >= 0.3 is 0 Å². The van der Waals surface area contributed by atoms with E-state index in [4.69, 9.17) is 0 Å². The summed E-state index contributed by atoms with van der Waals surface area (Å²) in [7, 11) is -3.34. The molecule has 126 valence electrons. The Morgan fingerprint density at radius 3 is 2.50 bits per heavy atom. The molecule has 3 rings (SSSR count). The molecule has 24 heavy (non-hydrogen) atoms. The van der Waals surface area contributed by atoms with Gasteiger partial charge in [-0.2, -0.15) is 0 Å². The number of hydrogen-bond acceptors (Lipinski definition) is 3. The molecule has 1 atom stereocenters. The fourth-order valence-corrected chi connectivity index (χ4v) is 4.79. The van der Waals surface area contributed by atoms with Crippen LogP contribution >= 0.6 is 0 Å². The summed E-state index contributed by atoms with van der Waals surface area (Å²) in [6, 6.07) is 14.5. The van der Waals surface area contributed by atoms with Crippen molar-refractivity contribution in [2.24, 2.45) is 0 Å². The summed E-state index contributed by atoms with van der Waals surface area (Å²) >= 11 is 0. The van der Waals surface area contributed by atoms with E-state index in [1.807, 2.05) is 18.2 Å². The zero-order chi connectivity index (χ0) is 17.2. The molecule has 1 heterocycles. The van der Waals surface area contributed by atoms with Crippen LogP contribution in [-0.2, 0) is 9.84 Å². The van der Waals surface area contributed by atoms with Crippen molar-refractivity contribution in [1.29, 1.82) is 0 Å². The van der Waals surface area contributed by atoms with Crippen LogP contribution in [0.1, 0.15) is 27.6 Å². The maximum Gasteiger partial charge on any atom is 0.253 e. The van der Waals surface area contributed by atoms with E-state index in [2.05, 4.69) is 0 Å².